The zero-order chi connectivity index (χ0) is 18.6. The average Bonchev–Trinajstić information content (AvgIpc) is 2.68. The molecule has 0 aliphatic carbocycles. The lowest BCUT2D eigenvalue weighted by atomic mass is 9.68. The van der Waals surface area contributed by atoms with Gasteiger partial charge in [-0.15, -0.1) is 0 Å². The molecule has 2 heteroatoms. The quantitative estimate of drug-likeness (QED) is 0.438. The first-order valence-corrected chi connectivity index (χ1v) is 9.41. The molecule has 0 radical (unpaired) electrons. The second-order valence-corrected chi connectivity index (χ2v) is 8.13. The van der Waals surface area contributed by atoms with Crippen LogP contribution in [0.2, 0.25) is 0 Å². The Balaban J connectivity index is 1.91. The molecule has 2 nitrogen and oxygen atoms in total. The molecule has 1 atom stereocenters. The third kappa shape index (κ3) is 2.40. The van der Waals surface area contributed by atoms with Gasteiger partial charge in [-0.1, -0.05) is 74.5 Å². The average molecular weight is 354 g/mol. The number of aromatic hydroxyl groups is 1. The highest BCUT2D eigenvalue weighted by Gasteiger charge is 2.41. The number of rotatable bonds is 1. The number of ether oxygens (including phenoxy) is 1. The van der Waals surface area contributed by atoms with Crippen LogP contribution < -0.4 is 4.74 Å². The van der Waals surface area contributed by atoms with Crippen LogP contribution in [-0.2, 0) is 0 Å². The van der Waals surface area contributed by atoms with Crippen molar-refractivity contribution in [3.8, 4) is 11.5 Å². The molecule has 0 spiro atoms. The zero-order valence-corrected chi connectivity index (χ0v) is 15.6. The van der Waals surface area contributed by atoms with E-state index < -0.39 is 0 Å². The molecule has 1 unspecified atom stereocenters. The molecule has 1 aliphatic rings. The molecule has 0 fully saturated rings. The Hall–Kier alpha value is -3.00. The Morgan fingerprint density at radius 2 is 1.37 bits per heavy atom. The molecule has 4 aromatic carbocycles. The zero-order valence-electron chi connectivity index (χ0n) is 15.6. The summed E-state index contributed by atoms with van der Waals surface area (Å²) in [5, 5.41) is 15.6. The number of fused-ring (bicyclic) bond motifs is 4. The van der Waals surface area contributed by atoms with Crippen LogP contribution in [0.15, 0.2) is 72.8 Å². The van der Waals surface area contributed by atoms with Crippen molar-refractivity contribution in [3.63, 3.8) is 0 Å². The predicted octanol–water partition coefficient (Wildman–Crippen LogP) is 6.25. The summed E-state index contributed by atoms with van der Waals surface area (Å²) in [5.41, 5.74) is 2.02. The van der Waals surface area contributed by atoms with Gasteiger partial charge in [-0.2, -0.15) is 0 Å². The molecule has 5 rings (SSSR count). The van der Waals surface area contributed by atoms with Crippen LogP contribution in [0.3, 0.4) is 0 Å². The second-order valence-electron chi connectivity index (χ2n) is 8.13. The lowest BCUT2D eigenvalue weighted by Gasteiger charge is -2.41. The minimum absolute atomic E-state index is 0.0402. The van der Waals surface area contributed by atoms with E-state index >= 15 is 0 Å². The number of phenolic OH excluding ortho intramolecular Hbond substituents is 1. The summed E-state index contributed by atoms with van der Waals surface area (Å²) in [4.78, 5) is 0. The topological polar surface area (TPSA) is 29.5 Å². The fourth-order valence-corrected chi connectivity index (χ4v) is 4.56. The SMILES string of the molecule is CC1(C)COc2ccc3ccccc3c2C1c1c(O)ccc2ccccc12. The van der Waals surface area contributed by atoms with Crippen molar-refractivity contribution in [2.45, 2.75) is 19.8 Å². The number of hydrogen-bond acceptors (Lipinski definition) is 2. The fourth-order valence-electron chi connectivity index (χ4n) is 4.56. The molecule has 0 aromatic heterocycles. The Bertz CT molecular complexity index is 1170. The minimum atomic E-state index is -0.154. The van der Waals surface area contributed by atoms with Gasteiger partial charge in [0, 0.05) is 22.5 Å². The lowest BCUT2D eigenvalue weighted by Crippen LogP contribution is -2.34. The summed E-state index contributed by atoms with van der Waals surface area (Å²) in [6, 6.07) is 24.7. The van der Waals surface area contributed by atoms with Gasteiger partial charge >= 0.3 is 0 Å². The number of benzene rings is 4. The van der Waals surface area contributed by atoms with Crippen LogP contribution >= 0.6 is 0 Å². The Kier molecular flexibility index (Phi) is 3.45. The van der Waals surface area contributed by atoms with Crippen LogP contribution in [-0.4, -0.2) is 11.7 Å². The van der Waals surface area contributed by atoms with E-state index in [1.807, 2.05) is 24.3 Å². The maximum Gasteiger partial charge on any atom is 0.123 e. The molecule has 1 aliphatic heterocycles. The molecule has 0 saturated carbocycles. The fraction of sp³-hybridized carbons (Fsp3) is 0.200. The van der Waals surface area contributed by atoms with Gasteiger partial charge in [0.15, 0.2) is 0 Å². The van der Waals surface area contributed by atoms with Gasteiger partial charge in [-0.3, -0.25) is 0 Å². The predicted molar refractivity (Wildman–Crippen MR) is 111 cm³/mol. The highest BCUT2D eigenvalue weighted by atomic mass is 16.5. The lowest BCUT2D eigenvalue weighted by molar-refractivity contribution is 0.135. The maximum atomic E-state index is 10.9. The van der Waals surface area contributed by atoms with Crippen molar-refractivity contribution in [2.75, 3.05) is 6.61 Å². The number of phenols is 1. The maximum absolute atomic E-state index is 10.9. The van der Waals surface area contributed by atoms with Gasteiger partial charge in [-0.05, 0) is 33.7 Å². The van der Waals surface area contributed by atoms with Crippen LogP contribution in [0, 0.1) is 5.41 Å². The monoisotopic (exact) mass is 354 g/mol. The van der Waals surface area contributed by atoms with Gasteiger partial charge in [0.25, 0.3) is 0 Å². The van der Waals surface area contributed by atoms with E-state index in [2.05, 4.69) is 62.4 Å². The van der Waals surface area contributed by atoms with Crippen molar-refractivity contribution in [1.82, 2.24) is 0 Å². The summed E-state index contributed by atoms with van der Waals surface area (Å²) in [6.45, 7) is 5.07. The van der Waals surface area contributed by atoms with Gasteiger partial charge in [-0.25, -0.2) is 0 Å². The van der Waals surface area contributed by atoms with Crippen LogP contribution in [0.1, 0.15) is 30.9 Å². The molecule has 4 aromatic rings. The largest absolute Gasteiger partial charge is 0.508 e. The van der Waals surface area contributed by atoms with Crippen molar-refractivity contribution in [3.05, 3.63) is 83.9 Å². The van der Waals surface area contributed by atoms with E-state index in [1.165, 1.54) is 16.3 Å². The van der Waals surface area contributed by atoms with Gasteiger partial charge in [0.2, 0.25) is 0 Å². The second kappa shape index (κ2) is 5.75. The van der Waals surface area contributed by atoms with Crippen LogP contribution in [0.4, 0.5) is 0 Å². The van der Waals surface area contributed by atoms with Gasteiger partial charge < -0.3 is 9.84 Å². The Morgan fingerprint density at radius 3 is 2.07 bits per heavy atom. The Morgan fingerprint density at radius 1 is 0.778 bits per heavy atom. The first-order chi connectivity index (χ1) is 13.1. The molecule has 0 bridgehead atoms. The molecule has 1 N–H and O–H groups in total. The number of hydrogen-bond donors (Lipinski definition) is 1. The first-order valence-electron chi connectivity index (χ1n) is 9.41. The Labute approximate surface area is 159 Å². The highest BCUT2D eigenvalue weighted by molar-refractivity contribution is 5.93. The van der Waals surface area contributed by atoms with E-state index in [1.54, 1.807) is 0 Å². The standard InChI is InChI=1S/C25H22O2/c1-25(2)15-27-21-14-12-17-8-4-6-10-19(17)23(21)24(25)22-18-9-5-3-7-16(18)11-13-20(22)26/h3-14,24,26H,15H2,1-2H3. The first kappa shape index (κ1) is 16.2. The molecule has 134 valence electrons. The minimum Gasteiger partial charge on any atom is -0.508 e. The van der Waals surface area contributed by atoms with E-state index in [0.717, 1.165) is 22.1 Å². The smallest absolute Gasteiger partial charge is 0.123 e. The summed E-state index contributed by atoms with van der Waals surface area (Å²) in [7, 11) is 0. The molecule has 1 heterocycles. The van der Waals surface area contributed by atoms with E-state index in [9.17, 15) is 5.11 Å². The van der Waals surface area contributed by atoms with Gasteiger partial charge in [0.1, 0.15) is 11.5 Å². The normalized spacial score (nSPS) is 18.2. The van der Waals surface area contributed by atoms with Crippen molar-refractivity contribution in [2.24, 2.45) is 5.41 Å². The van der Waals surface area contributed by atoms with E-state index in [-0.39, 0.29) is 11.3 Å². The molecule has 0 saturated heterocycles. The van der Waals surface area contributed by atoms with E-state index in [4.69, 9.17) is 4.74 Å². The van der Waals surface area contributed by atoms with Crippen LogP contribution in [0.25, 0.3) is 21.5 Å². The van der Waals surface area contributed by atoms with Crippen molar-refractivity contribution < 1.29 is 9.84 Å². The molecule has 27 heavy (non-hydrogen) atoms. The van der Waals surface area contributed by atoms with Crippen molar-refractivity contribution >= 4 is 21.5 Å². The van der Waals surface area contributed by atoms with Crippen molar-refractivity contribution in [1.29, 1.82) is 0 Å². The summed E-state index contributed by atoms with van der Waals surface area (Å²) in [5.74, 6) is 1.32. The third-order valence-electron chi connectivity index (χ3n) is 5.84. The van der Waals surface area contributed by atoms with Gasteiger partial charge in [0.05, 0.1) is 6.61 Å². The van der Waals surface area contributed by atoms with Crippen LogP contribution in [0.5, 0.6) is 11.5 Å². The van der Waals surface area contributed by atoms with E-state index in [0.29, 0.717) is 12.4 Å². The molecule has 0 amide bonds. The summed E-state index contributed by atoms with van der Waals surface area (Å²) in [6.07, 6.45) is 0. The molecular weight excluding hydrogens is 332 g/mol. The molecular formula is C25H22O2. The summed E-state index contributed by atoms with van der Waals surface area (Å²) < 4.78 is 6.17. The summed E-state index contributed by atoms with van der Waals surface area (Å²) >= 11 is 0. The highest BCUT2D eigenvalue weighted by Crippen LogP contribution is 2.53. The third-order valence-corrected chi connectivity index (χ3v) is 5.84.